The Morgan fingerprint density at radius 2 is 2.26 bits per heavy atom. The van der Waals surface area contributed by atoms with E-state index < -0.39 is 0 Å². The average Bonchev–Trinajstić information content (AvgIpc) is 2.92. The van der Waals surface area contributed by atoms with Crippen LogP contribution in [0.1, 0.15) is 12.0 Å². The van der Waals surface area contributed by atoms with Crippen molar-refractivity contribution in [3.05, 3.63) is 51.7 Å². The lowest BCUT2D eigenvalue weighted by Crippen LogP contribution is -2.28. The van der Waals surface area contributed by atoms with Gasteiger partial charge in [0.25, 0.3) is 0 Å². The van der Waals surface area contributed by atoms with Crippen LogP contribution in [0.2, 0.25) is 5.02 Å². The minimum atomic E-state index is 0.531. The van der Waals surface area contributed by atoms with Gasteiger partial charge in [0.2, 0.25) is 0 Å². The summed E-state index contributed by atoms with van der Waals surface area (Å²) in [5.74, 6) is 1.07. The molecule has 0 radical (unpaired) electrons. The third-order valence-corrected chi connectivity index (χ3v) is 5.14. The fraction of sp³-hybridized carbons (Fsp3) is 0.333. The number of rotatable bonds is 7. The van der Waals surface area contributed by atoms with Gasteiger partial charge in [-0.25, -0.2) is 0 Å². The summed E-state index contributed by atoms with van der Waals surface area (Å²) in [6, 6.07) is 10.8. The second-order valence-electron chi connectivity index (χ2n) is 4.42. The molecule has 2 aromatic rings. The number of thioether (sulfide) groups is 1. The minimum Gasteiger partial charge on any atom is -0.316 e. The third-order valence-electron chi connectivity index (χ3n) is 3.02. The zero-order valence-electron chi connectivity index (χ0n) is 10.9. The zero-order chi connectivity index (χ0) is 13.5. The van der Waals surface area contributed by atoms with Crippen molar-refractivity contribution >= 4 is 34.7 Å². The van der Waals surface area contributed by atoms with Crippen LogP contribution in [0.5, 0.6) is 0 Å². The maximum Gasteiger partial charge on any atom is 0.0417 e. The van der Waals surface area contributed by atoms with Gasteiger partial charge in [-0.05, 0) is 60.5 Å². The van der Waals surface area contributed by atoms with Gasteiger partial charge in [-0.2, -0.15) is 11.3 Å². The molecule has 1 N–H and O–H groups in total. The second-order valence-corrected chi connectivity index (χ2v) is 6.73. The fourth-order valence-electron chi connectivity index (χ4n) is 1.84. The molecule has 0 aliphatic carbocycles. The molecule has 0 aliphatic rings. The van der Waals surface area contributed by atoms with Crippen LogP contribution in [-0.4, -0.2) is 18.8 Å². The van der Waals surface area contributed by atoms with Gasteiger partial charge in [-0.1, -0.05) is 17.7 Å². The monoisotopic (exact) mass is 311 g/mol. The summed E-state index contributed by atoms with van der Waals surface area (Å²) in [5, 5.41) is 8.58. The summed E-state index contributed by atoms with van der Waals surface area (Å²) < 4.78 is 0. The van der Waals surface area contributed by atoms with Crippen molar-refractivity contribution in [2.24, 2.45) is 0 Å². The van der Waals surface area contributed by atoms with Crippen LogP contribution < -0.4 is 5.32 Å². The smallest absolute Gasteiger partial charge is 0.0417 e. The Labute approximate surface area is 128 Å². The molecule has 2 rings (SSSR count). The molecule has 0 amide bonds. The molecule has 1 unspecified atom stereocenters. The summed E-state index contributed by atoms with van der Waals surface area (Å²) in [6.07, 6.45) is 2.31. The zero-order valence-corrected chi connectivity index (χ0v) is 13.3. The molecule has 1 atom stereocenters. The first-order valence-corrected chi connectivity index (χ1v) is 8.65. The number of halogens is 1. The van der Waals surface area contributed by atoms with E-state index in [1.54, 1.807) is 11.3 Å². The van der Waals surface area contributed by atoms with E-state index in [2.05, 4.69) is 28.2 Å². The summed E-state index contributed by atoms with van der Waals surface area (Å²) >= 11 is 9.63. The third kappa shape index (κ3) is 5.19. The maximum atomic E-state index is 5.99. The Morgan fingerprint density at radius 3 is 2.95 bits per heavy atom. The van der Waals surface area contributed by atoms with Crippen molar-refractivity contribution < 1.29 is 0 Å². The minimum absolute atomic E-state index is 0.531. The molecule has 4 heteroatoms. The van der Waals surface area contributed by atoms with Gasteiger partial charge < -0.3 is 5.32 Å². The molecule has 0 saturated heterocycles. The molecule has 0 spiro atoms. The highest BCUT2D eigenvalue weighted by Gasteiger charge is 2.07. The van der Waals surface area contributed by atoms with Crippen molar-refractivity contribution in [3.8, 4) is 0 Å². The Hall–Kier alpha value is -0.480. The number of benzene rings is 1. The Kier molecular flexibility index (Phi) is 6.24. The first-order chi connectivity index (χ1) is 9.28. The van der Waals surface area contributed by atoms with Gasteiger partial charge >= 0.3 is 0 Å². The number of hydrogen-bond acceptors (Lipinski definition) is 3. The van der Waals surface area contributed by atoms with Crippen molar-refractivity contribution in [1.29, 1.82) is 0 Å². The van der Waals surface area contributed by atoms with E-state index in [1.807, 2.05) is 37.0 Å². The molecule has 1 aromatic heterocycles. The van der Waals surface area contributed by atoms with Crippen LogP contribution >= 0.6 is 34.7 Å². The molecule has 19 heavy (non-hydrogen) atoms. The van der Waals surface area contributed by atoms with Crippen molar-refractivity contribution in [2.75, 3.05) is 12.8 Å². The predicted molar refractivity (Wildman–Crippen MR) is 87.7 cm³/mol. The number of aryl methyl sites for hydroxylation is 1. The van der Waals surface area contributed by atoms with Gasteiger partial charge in [0.05, 0.1) is 0 Å². The van der Waals surface area contributed by atoms with Crippen LogP contribution in [0, 0.1) is 0 Å². The largest absolute Gasteiger partial charge is 0.316 e. The number of thiophene rings is 1. The fourth-order valence-corrected chi connectivity index (χ4v) is 3.91. The molecule has 0 saturated carbocycles. The standard InChI is InChI=1S/C15H18ClNS2/c1-17-14(6-5-12-7-8-18-10-12)11-19-15-4-2-3-13(16)9-15/h2-4,7-10,14,17H,5-6,11H2,1H3. The Balaban J connectivity index is 1.79. The molecule has 0 bridgehead atoms. The molecule has 1 heterocycles. The summed E-state index contributed by atoms with van der Waals surface area (Å²) in [4.78, 5) is 1.24. The van der Waals surface area contributed by atoms with Crippen molar-refractivity contribution in [1.82, 2.24) is 5.32 Å². The molecular formula is C15H18ClNS2. The first-order valence-electron chi connectivity index (χ1n) is 6.34. The van der Waals surface area contributed by atoms with Crippen molar-refractivity contribution in [2.45, 2.75) is 23.8 Å². The van der Waals surface area contributed by atoms with Gasteiger partial charge in [-0.3, -0.25) is 0 Å². The molecular weight excluding hydrogens is 294 g/mol. The lowest BCUT2D eigenvalue weighted by atomic mass is 10.1. The van der Waals surface area contributed by atoms with E-state index in [-0.39, 0.29) is 0 Å². The molecule has 102 valence electrons. The van der Waals surface area contributed by atoms with Crippen LogP contribution in [-0.2, 0) is 6.42 Å². The number of hydrogen-bond donors (Lipinski definition) is 1. The van der Waals surface area contributed by atoms with Gasteiger partial charge in [-0.15, -0.1) is 11.8 Å². The summed E-state index contributed by atoms with van der Waals surface area (Å²) in [6.45, 7) is 0. The van der Waals surface area contributed by atoms with E-state index in [0.717, 1.165) is 17.2 Å². The molecule has 1 nitrogen and oxygen atoms in total. The van der Waals surface area contributed by atoms with Crippen LogP contribution in [0.15, 0.2) is 46.0 Å². The summed E-state index contributed by atoms with van der Waals surface area (Å²) in [5.41, 5.74) is 1.44. The van der Waals surface area contributed by atoms with Crippen LogP contribution in [0.25, 0.3) is 0 Å². The highest BCUT2D eigenvalue weighted by atomic mass is 35.5. The van der Waals surface area contributed by atoms with Crippen LogP contribution in [0.4, 0.5) is 0 Å². The van der Waals surface area contributed by atoms with Crippen molar-refractivity contribution in [3.63, 3.8) is 0 Å². The Bertz CT molecular complexity index is 485. The molecule has 0 aliphatic heterocycles. The number of nitrogens with one attached hydrogen (secondary N) is 1. The lowest BCUT2D eigenvalue weighted by Gasteiger charge is -2.15. The highest BCUT2D eigenvalue weighted by Crippen LogP contribution is 2.23. The second kappa shape index (κ2) is 7.95. The lowest BCUT2D eigenvalue weighted by molar-refractivity contribution is 0.573. The van der Waals surface area contributed by atoms with Crippen LogP contribution in [0.3, 0.4) is 0 Å². The normalized spacial score (nSPS) is 12.5. The predicted octanol–water partition coefficient (Wildman–Crippen LogP) is 4.71. The Morgan fingerprint density at radius 1 is 1.37 bits per heavy atom. The van der Waals surface area contributed by atoms with E-state index in [9.17, 15) is 0 Å². The van der Waals surface area contributed by atoms with E-state index >= 15 is 0 Å². The topological polar surface area (TPSA) is 12.0 Å². The van der Waals surface area contributed by atoms with Gasteiger partial charge in [0, 0.05) is 21.7 Å². The van der Waals surface area contributed by atoms with Gasteiger partial charge in [0.1, 0.15) is 0 Å². The quantitative estimate of drug-likeness (QED) is 0.743. The average molecular weight is 312 g/mol. The van der Waals surface area contributed by atoms with E-state index in [1.165, 1.54) is 16.9 Å². The molecule has 1 aromatic carbocycles. The maximum absolute atomic E-state index is 5.99. The first kappa shape index (κ1) is 14.9. The summed E-state index contributed by atoms with van der Waals surface area (Å²) in [7, 11) is 2.04. The van der Waals surface area contributed by atoms with Gasteiger partial charge in [0.15, 0.2) is 0 Å². The SMILES string of the molecule is CNC(CCc1ccsc1)CSc1cccc(Cl)c1. The highest BCUT2D eigenvalue weighted by molar-refractivity contribution is 7.99. The van der Waals surface area contributed by atoms with E-state index in [4.69, 9.17) is 11.6 Å². The molecule has 0 fully saturated rings. The van der Waals surface area contributed by atoms with E-state index in [0.29, 0.717) is 6.04 Å².